The Hall–Kier alpha value is -1.22. The van der Waals surface area contributed by atoms with Gasteiger partial charge in [-0.2, -0.15) is 0 Å². The number of non-ortho nitro benzene ring substituents is 1. The minimum Gasteiger partial charge on any atom is -0.318 e. The minimum atomic E-state index is -3.68. The molecule has 0 saturated carbocycles. The molecule has 0 aromatic heterocycles. The van der Waals surface area contributed by atoms with Crippen LogP contribution in [0.4, 0.5) is 5.69 Å². The molecule has 0 unspecified atom stereocenters. The second-order valence-corrected chi connectivity index (χ2v) is 5.02. The van der Waals surface area contributed by atoms with Crippen LogP contribution in [0.2, 0.25) is 0 Å². The lowest BCUT2D eigenvalue weighted by molar-refractivity contribution is -0.385. The quantitative estimate of drug-likeness (QED) is 0.452. The van der Waals surface area contributed by atoms with Crippen molar-refractivity contribution in [3.8, 4) is 0 Å². The van der Waals surface area contributed by atoms with Crippen molar-refractivity contribution < 1.29 is 13.3 Å². The average molecular weight is 296 g/mol. The Bertz CT molecular complexity index is 506. The minimum absolute atomic E-state index is 0. The summed E-state index contributed by atoms with van der Waals surface area (Å²) >= 11 is 0. The Morgan fingerprint density at radius 2 is 2.00 bits per heavy atom. The first-order valence-corrected chi connectivity index (χ1v) is 6.34. The monoisotopic (exact) mass is 295 g/mol. The van der Waals surface area contributed by atoms with Gasteiger partial charge >= 0.3 is 0 Å². The van der Waals surface area contributed by atoms with Crippen molar-refractivity contribution in [1.29, 1.82) is 0 Å². The van der Waals surface area contributed by atoms with E-state index >= 15 is 0 Å². The number of hydrogen-bond acceptors (Lipinski definition) is 5. The van der Waals surface area contributed by atoms with Crippen LogP contribution in [-0.4, -0.2) is 33.5 Å². The maximum absolute atomic E-state index is 11.7. The van der Waals surface area contributed by atoms with Crippen molar-refractivity contribution in [2.24, 2.45) is 0 Å². The van der Waals surface area contributed by atoms with Gasteiger partial charge in [0.2, 0.25) is 10.0 Å². The predicted octanol–water partition coefficient (Wildman–Crippen LogP) is 0.514. The Balaban J connectivity index is 0.00000289. The van der Waals surface area contributed by atoms with Crippen molar-refractivity contribution in [2.45, 2.75) is 4.90 Å². The highest BCUT2D eigenvalue weighted by Crippen LogP contribution is 2.16. The maximum atomic E-state index is 11.7. The molecule has 0 fully saturated rings. The van der Waals surface area contributed by atoms with Gasteiger partial charge in [-0.1, -0.05) is 6.07 Å². The summed E-state index contributed by atoms with van der Waals surface area (Å²) < 4.78 is 25.8. The second kappa shape index (κ2) is 7.27. The van der Waals surface area contributed by atoms with Crippen molar-refractivity contribution in [3.05, 3.63) is 34.4 Å². The first-order chi connectivity index (χ1) is 7.97. The summed E-state index contributed by atoms with van der Waals surface area (Å²) in [6, 6.07) is 4.92. The van der Waals surface area contributed by atoms with E-state index in [2.05, 4.69) is 10.0 Å². The van der Waals surface area contributed by atoms with E-state index in [-0.39, 0.29) is 29.5 Å². The fraction of sp³-hybridized carbons (Fsp3) is 0.333. The molecule has 1 aromatic rings. The molecule has 18 heavy (non-hydrogen) atoms. The highest BCUT2D eigenvalue weighted by Gasteiger charge is 2.16. The van der Waals surface area contributed by atoms with Gasteiger partial charge in [-0.15, -0.1) is 12.4 Å². The highest BCUT2D eigenvalue weighted by atomic mass is 35.5. The fourth-order valence-corrected chi connectivity index (χ4v) is 2.23. The molecule has 0 saturated heterocycles. The molecule has 0 atom stereocenters. The number of nitro benzene ring substituents is 1. The first kappa shape index (κ1) is 16.8. The third-order valence-corrected chi connectivity index (χ3v) is 3.46. The van der Waals surface area contributed by atoms with Crippen molar-refractivity contribution in [3.63, 3.8) is 0 Å². The van der Waals surface area contributed by atoms with Gasteiger partial charge in [0.1, 0.15) is 0 Å². The Morgan fingerprint density at radius 3 is 2.56 bits per heavy atom. The lowest BCUT2D eigenvalue weighted by Crippen LogP contribution is -2.30. The van der Waals surface area contributed by atoms with Gasteiger partial charge in [-0.05, 0) is 13.1 Å². The van der Waals surface area contributed by atoms with Crippen LogP contribution in [0, 0.1) is 10.1 Å². The van der Waals surface area contributed by atoms with Crippen molar-refractivity contribution in [2.75, 3.05) is 20.1 Å². The lowest BCUT2D eigenvalue weighted by Gasteiger charge is -2.05. The number of benzene rings is 1. The molecule has 0 aliphatic carbocycles. The summed E-state index contributed by atoms with van der Waals surface area (Å²) in [6.45, 7) is 0.704. The predicted molar refractivity (Wildman–Crippen MR) is 69.5 cm³/mol. The van der Waals surface area contributed by atoms with Crippen LogP contribution in [0.1, 0.15) is 0 Å². The topological polar surface area (TPSA) is 101 Å². The van der Waals surface area contributed by atoms with E-state index in [1.807, 2.05) is 0 Å². The molecule has 0 radical (unpaired) electrons. The number of sulfonamides is 1. The molecule has 9 heteroatoms. The van der Waals surface area contributed by atoms with Crippen LogP contribution in [0.5, 0.6) is 0 Å². The molecule has 0 spiro atoms. The van der Waals surface area contributed by atoms with E-state index in [0.717, 1.165) is 6.07 Å². The summed E-state index contributed by atoms with van der Waals surface area (Å²) in [5, 5.41) is 13.3. The van der Waals surface area contributed by atoms with E-state index in [0.29, 0.717) is 6.54 Å². The number of likely N-dealkylation sites (N-methyl/N-ethyl adjacent to an activating group) is 1. The standard InChI is InChI=1S/C9H13N3O4S.ClH/c1-10-5-6-11-17(15,16)9-4-2-3-8(7-9)12(13)14;/h2-4,7,10-11H,5-6H2,1H3;1H. The van der Waals surface area contributed by atoms with Crippen LogP contribution in [0.25, 0.3) is 0 Å². The Labute approximate surface area is 111 Å². The molecule has 0 aliphatic heterocycles. The normalized spacial score (nSPS) is 10.7. The highest BCUT2D eigenvalue weighted by molar-refractivity contribution is 7.89. The average Bonchev–Trinajstić information content (AvgIpc) is 2.29. The van der Waals surface area contributed by atoms with E-state index in [4.69, 9.17) is 0 Å². The Morgan fingerprint density at radius 1 is 1.33 bits per heavy atom. The molecule has 0 amide bonds. The van der Waals surface area contributed by atoms with E-state index in [9.17, 15) is 18.5 Å². The van der Waals surface area contributed by atoms with Crippen LogP contribution in [0.3, 0.4) is 0 Å². The number of nitrogens with one attached hydrogen (secondary N) is 2. The number of nitrogens with zero attached hydrogens (tertiary/aromatic N) is 1. The fourth-order valence-electron chi connectivity index (χ4n) is 1.16. The first-order valence-electron chi connectivity index (χ1n) is 4.86. The molecule has 7 nitrogen and oxygen atoms in total. The maximum Gasteiger partial charge on any atom is 0.270 e. The molecule has 102 valence electrons. The molecule has 2 N–H and O–H groups in total. The van der Waals surface area contributed by atoms with Gasteiger partial charge < -0.3 is 5.32 Å². The second-order valence-electron chi connectivity index (χ2n) is 3.26. The number of rotatable bonds is 6. The van der Waals surface area contributed by atoms with Gasteiger partial charge in [0.25, 0.3) is 5.69 Å². The molecular weight excluding hydrogens is 282 g/mol. The zero-order chi connectivity index (χ0) is 12.9. The molecule has 1 rings (SSSR count). The van der Waals surface area contributed by atoms with Crippen LogP contribution in [-0.2, 0) is 10.0 Å². The van der Waals surface area contributed by atoms with Gasteiger partial charge in [0, 0.05) is 25.2 Å². The smallest absolute Gasteiger partial charge is 0.270 e. The SMILES string of the molecule is CNCCNS(=O)(=O)c1cccc([N+](=O)[O-])c1.Cl. The third kappa shape index (κ3) is 4.57. The molecule has 0 heterocycles. The van der Waals surface area contributed by atoms with E-state index in [1.165, 1.54) is 18.2 Å². The summed E-state index contributed by atoms with van der Waals surface area (Å²) in [7, 11) is -1.99. The van der Waals surface area contributed by atoms with Crippen LogP contribution < -0.4 is 10.0 Å². The zero-order valence-electron chi connectivity index (χ0n) is 9.62. The summed E-state index contributed by atoms with van der Waals surface area (Å²) in [6.07, 6.45) is 0. The molecule has 1 aromatic carbocycles. The number of nitro groups is 1. The van der Waals surface area contributed by atoms with E-state index < -0.39 is 14.9 Å². The summed E-state index contributed by atoms with van der Waals surface area (Å²) in [5.41, 5.74) is -0.249. The largest absolute Gasteiger partial charge is 0.318 e. The van der Waals surface area contributed by atoms with Crippen molar-refractivity contribution in [1.82, 2.24) is 10.0 Å². The lowest BCUT2D eigenvalue weighted by atomic mass is 10.3. The van der Waals surface area contributed by atoms with Crippen LogP contribution >= 0.6 is 12.4 Å². The molecular formula is C9H14ClN3O4S. The number of halogens is 1. The van der Waals surface area contributed by atoms with Crippen molar-refractivity contribution >= 4 is 28.1 Å². The molecule has 0 aliphatic rings. The summed E-state index contributed by atoms with van der Waals surface area (Å²) in [4.78, 5) is 9.78. The van der Waals surface area contributed by atoms with Gasteiger partial charge in [0.05, 0.1) is 9.82 Å². The van der Waals surface area contributed by atoms with Gasteiger partial charge in [-0.3, -0.25) is 10.1 Å². The number of hydrogen-bond donors (Lipinski definition) is 2. The van der Waals surface area contributed by atoms with Crippen LogP contribution in [0.15, 0.2) is 29.2 Å². The Kier molecular flexibility index (Phi) is 6.77. The van der Waals surface area contributed by atoms with Gasteiger partial charge in [0.15, 0.2) is 0 Å². The third-order valence-electron chi connectivity index (χ3n) is 2.01. The van der Waals surface area contributed by atoms with Gasteiger partial charge in [-0.25, -0.2) is 13.1 Å². The summed E-state index contributed by atoms with van der Waals surface area (Å²) in [5.74, 6) is 0. The molecule has 0 bridgehead atoms. The zero-order valence-corrected chi connectivity index (χ0v) is 11.3. The van der Waals surface area contributed by atoms with E-state index in [1.54, 1.807) is 7.05 Å².